The Labute approximate surface area is 151 Å². The Hall–Kier alpha value is -2.12. The topological polar surface area (TPSA) is 73.8 Å². The standard InChI is InChI=1S/C18H20ClN3O3/c19-14-2-1-3-16(12-14)21-18(24)20-15-6-4-13(5-7-15)17(23)22-8-10-25-11-9-22/h1-7,12,17,23H,8-11H2,(H2,20,21,24)/t17-/m0/s1. The summed E-state index contributed by atoms with van der Waals surface area (Å²) in [5, 5.41) is 16.4. The molecule has 1 aliphatic rings. The molecule has 0 aliphatic carbocycles. The molecule has 0 radical (unpaired) electrons. The number of halogens is 1. The Bertz CT molecular complexity index is 718. The first-order valence-corrected chi connectivity index (χ1v) is 8.43. The van der Waals surface area contributed by atoms with E-state index in [4.69, 9.17) is 16.3 Å². The molecule has 6 nitrogen and oxygen atoms in total. The van der Waals surface area contributed by atoms with Crippen LogP contribution in [0, 0.1) is 0 Å². The maximum Gasteiger partial charge on any atom is 0.323 e. The van der Waals surface area contributed by atoms with Crippen LogP contribution in [0.25, 0.3) is 0 Å². The molecule has 1 atom stereocenters. The SMILES string of the molecule is O=C(Nc1ccc([C@H](O)N2CCOCC2)cc1)Nc1cccc(Cl)c1. The van der Waals surface area contributed by atoms with Crippen molar-refractivity contribution in [3.8, 4) is 0 Å². The third-order valence-corrected chi connectivity index (χ3v) is 4.18. The summed E-state index contributed by atoms with van der Waals surface area (Å²) >= 11 is 5.89. The minimum absolute atomic E-state index is 0.358. The molecule has 2 amide bonds. The number of carbonyl (C=O) groups is 1. The number of benzene rings is 2. The lowest BCUT2D eigenvalue weighted by Gasteiger charge is -2.31. The van der Waals surface area contributed by atoms with Crippen molar-refractivity contribution in [2.45, 2.75) is 6.23 Å². The number of hydrogen-bond donors (Lipinski definition) is 3. The van der Waals surface area contributed by atoms with Crippen molar-refractivity contribution >= 4 is 29.0 Å². The average Bonchev–Trinajstić information content (AvgIpc) is 2.62. The molecule has 0 saturated carbocycles. The number of morpholine rings is 1. The zero-order valence-electron chi connectivity index (χ0n) is 13.6. The van der Waals surface area contributed by atoms with Crippen molar-refractivity contribution < 1.29 is 14.6 Å². The molecule has 1 fully saturated rings. The first kappa shape index (κ1) is 17.7. The summed E-state index contributed by atoms with van der Waals surface area (Å²) in [6.07, 6.45) is -0.668. The Kier molecular flexibility index (Phi) is 5.88. The number of rotatable bonds is 4. The van der Waals surface area contributed by atoms with Gasteiger partial charge in [-0.2, -0.15) is 0 Å². The number of carbonyl (C=O) groups excluding carboxylic acids is 1. The van der Waals surface area contributed by atoms with Crippen molar-refractivity contribution in [3.05, 3.63) is 59.1 Å². The van der Waals surface area contributed by atoms with E-state index in [1.54, 1.807) is 48.5 Å². The lowest BCUT2D eigenvalue weighted by atomic mass is 10.1. The molecule has 25 heavy (non-hydrogen) atoms. The fourth-order valence-corrected chi connectivity index (χ4v) is 2.82. The molecule has 1 aliphatic heterocycles. The van der Waals surface area contributed by atoms with Crippen molar-refractivity contribution in [2.24, 2.45) is 0 Å². The molecule has 0 spiro atoms. The van der Waals surface area contributed by atoms with Crippen LogP contribution in [0.5, 0.6) is 0 Å². The van der Waals surface area contributed by atoms with Crippen LogP contribution in [0.4, 0.5) is 16.2 Å². The Morgan fingerprint density at radius 2 is 1.76 bits per heavy atom. The van der Waals surface area contributed by atoms with Crippen LogP contribution in [-0.4, -0.2) is 42.3 Å². The van der Waals surface area contributed by atoms with Gasteiger partial charge >= 0.3 is 6.03 Å². The largest absolute Gasteiger partial charge is 0.379 e. The molecule has 0 bridgehead atoms. The van der Waals surface area contributed by atoms with Crippen LogP contribution >= 0.6 is 11.6 Å². The quantitative estimate of drug-likeness (QED) is 0.781. The molecular formula is C18H20ClN3O3. The minimum atomic E-state index is -0.668. The van der Waals surface area contributed by atoms with Crippen LogP contribution in [-0.2, 0) is 4.74 Å². The lowest BCUT2D eigenvalue weighted by Crippen LogP contribution is -2.39. The van der Waals surface area contributed by atoms with E-state index in [0.29, 0.717) is 42.7 Å². The first-order valence-electron chi connectivity index (χ1n) is 8.05. The van der Waals surface area contributed by atoms with Crippen molar-refractivity contribution in [2.75, 3.05) is 36.9 Å². The highest BCUT2D eigenvalue weighted by atomic mass is 35.5. The van der Waals surface area contributed by atoms with Gasteiger partial charge in [0, 0.05) is 29.5 Å². The minimum Gasteiger partial charge on any atom is -0.379 e. The van der Waals surface area contributed by atoms with Gasteiger partial charge in [0.15, 0.2) is 0 Å². The fourth-order valence-electron chi connectivity index (χ4n) is 2.63. The number of nitrogens with zero attached hydrogens (tertiary/aromatic N) is 1. The van der Waals surface area contributed by atoms with Gasteiger partial charge in [-0.05, 0) is 35.9 Å². The molecule has 1 heterocycles. The first-order chi connectivity index (χ1) is 12.1. The number of ether oxygens (including phenoxy) is 1. The molecule has 132 valence electrons. The monoisotopic (exact) mass is 361 g/mol. The highest BCUT2D eigenvalue weighted by molar-refractivity contribution is 6.30. The third-order valence-electron chi connectivity index (χ3n) is 3.94. The summed E-state index contributed by atoms with van der Waals surface area (Å²) < 4.78 is 5.29. The molecule has 0 unspecified atom stereocenters. The highest BCUT2D eigenvalue weighted by Crippen LogP contribution is 2.21. The Morgan fingerprint density at radius 1 is 1.08 bits per heavy atom. The molecule has 3 N–H and O–H groups in total. The highest BCUT2D eigenvalue weighted by Gasteiger charge is 2.20. The van der Waals surface area contributed by atoms with Gasteiger partial charge in [-0.3, -0.25) is 4.90 Å². The second kappa shape index (κ2) is 8.31. The number of aliphatic hydroxyl groups excluding tert-OH is 1. The lowest BCUT2D eigenvalue weighted by molar-refractivity contribution is -0.0603. The van der Waals surface area contributed by atoms with E-state index in [2.05, 4.69) is 10.6 Å². The van der Waals surface area contributed by atoms with Crippen LogP contribution in [0.3, 0.4) is 0 Å². The summed E-state index contributed by atoms with van der Waals surface area (Å²) in [6, 6.07) is 13.7. The van der Waals surface area contributed by atoms with E-state index < -0.39 is 6.23 Å². The number of nitrogens with one attached hydrogen (secondary N) is 2. The number of anilines is 2. The molecule has 2 aromatic carbocycles. The van der Waals surface area contributed by atoms with Gasteiger partial charge in [0.05, 0.1) is 13.2 Å². The smallest absolute Gasteiger partial charge is 0.323 e. The van der Waals surface area contributed by atoms with Gasteiger partial charge in [-0.15, -0.1) is 0 Å². The molecular weight excluding hydrogens is 342 g/mol. The van der Waals surface area contributed by atoms with Gasteiger partial charge in [0.1, 0.15) is 6.23 Å². The zero-order chi connectivity index (χ0) is 17.6. The maximum atomic E-state index is 12.0. The second-order valence-corrected chi connectivity index (χ2v) is 6.17. The van der Waals surface area contributed by atoms with E-state index in [9.17, 15) is 9.90 Å². The predicted molar refractivity (Wildman–Crippen MR) is 97.9 cm³/mol. The maximum absolute atomic E-state index is 12.0. The number of urea groups is 1. The van der Waals surface area contributed by atoms with E-state index in [0.717, 1.165) is 5.56 Å². The van der Waals surface area contributed by atoms with Gasteiger partial charge in [-0.1, -0.05) is 29.8 Å². The van der Waals surface area contributed by atoms with E-state index >= 15 is 0 Å². The summed E-state index contributed by atoms with van der Waals surface area (Å²) in [7, 11) is 0. The number of hydrogen-bond acceptors (Lipinski definition) is 4. The third kappa shape index (κ3) is 4.93. The van der Waals surface area contributed by atoms with Gasteiger partial charge in [0.25, 0.3) is 0 Å². The van der Waals surface area contributed by atoms with E-state index in [-0.39, 0.29) is 6.03 Å². The normalized spacial score (nSPS) is 16.2. The van der Waals surface area contributed by atoms with Crippen LogP contribution in [0.15, 0.2) is 48.5 Å². The number of aliphatic hydroxyl groups is 1. The van der Waals surface area contributed by atoms with Crippen LogP contribution in [0.2, 0.25) is 5.02 Å². The van der Waals surface area contributed by atoms with Gasteiger partial charge in [-0.25, -0.2) is 4.79 Å². The molecule has 3 rings (SSSR count). The Morgan fingerprint density at radius 3 is 2.44 bits per heavy atom. The number of amides is 2. The summed E-state index contributed by atoms with van der Waals surface area (Å²) in [5.74, 6) is 0. The summed E-state index contributed by atoms with van der Waals surface area (Å²) in [6.45, 7) is 2.65. The fraction of sp³-hybridized carbons (Fsp3) is 0.278. The molecule has 0 aromatic heterocycles. The molecule has 2 aromatic rings. The van der Waals surface area contributed by atoms with Crippen molar-refractivity contribution in [1.82, 2.24) is 4.90 Å². The van der Waals surface area contributed by atoms with Gasteiger partial charge < -0.3 is 20.5 Å². The second-order valence-electron chi connectivity index (χ2n) is 5.73. The van der Waals surface area contributed by atoms with E-state index in [1.807, 2.05) is 4.90 Å². The Balaban J connectivity index is 1.57. The van der Waals surface area contributed by atoms with E-state index in [1.165, 1.54) is 0 Å². The average molecular weight is 362 g/mol. The van der Waals surface area contributed by atoms with Gasteiger partial charge in [0.2, 0.25) is 0 Å². The van der Waals surface area contributed by atoms with Crippen LogP contribution in [0.1, 0.15) is 11.8 Å². The summed E-state index contributed by atoms with van der Waals surface area (Å²) in [5.41, 5.74) is 2.03. The zero-order valence-corrected chi connectivity index (χ0v) is 14.4. The molecule has 7 heteroatoms. The van der Waals surface area contributed by atoms with Crippen LogP contribution < -0.4 is 10.6 Å². The predicted octanol–water partition coefficient (Wildman–Crippen LogP) is 3.31. The van der Waals surface area contributed by atoms with Crippen molar-refractivity contribution in [3.63, 3.8) is 0 Å². The van der Waals surface area contributed by atoms with Crippen molar-refractivity contribution in [1.29, 1.82) is 0 Å². The molecule has 1 saturated heterocycles. The summed E-state index contributed by atoms with van der Waals surface area (Å²) in [4.78, 5) is 14.0.